The molecular formula is C21H21ClF2N2O4. The predicted octanol–water partition coefficient (Wildman–Crippen LogP) is 4.62. The number of halogens is 3. The van der Waals surface area contributed by atoms with Gasteiger partial charge in [0.25, 0.3) is 5.91 Å². The van der Waals surface area contributed by atoms with Crippen LogP contribution in [-0.2, 0) is 15.9 Å². The second kappa shape index (κ2) is 9.86. The zero-order valence-electron chi connectivity index (χ0n) is 16.3. The lowest BCUT2D eigenvalue weighted by atomic mass is 10.0. The molecule has 9 heteroatoms. The second-order valence-electron chi connectivity index (χ2n) is 6.79. The van der Waals surface area contributed by atoms with Gasteiger partial charge in [-0.1, -0.05) is 11.6 Å². The number of hydrogen-bond donors (Lipinski definition) is 2. The fourth-order valence-electron chi connectivity index (χ4n) is 3.40. The summed E-state index contributed by atoms with van der Waals surface area (Å²) < 4.78 is 37.8. The highest BCUT2D eigenvalue weighted by atomic mass is 35.5. The molecule has 1 aliphatic rings. The van der Waals surface area contributed by atoms with E-state index in [1.54, 1.807) is 7.11 Å². The first-order chi connectivity index (χ1) is 14.4. The van der Waals surface area contributed by atoms with E-state index in [1.165, 1.54) is 24.3 Å². The zero-order valence-corrected chi connectivity index (χ0v) is 17.0. The highest BCUT2D eigenvalue weighted by Gasteiger charge is 2.31. The smallest absolute Gasteiger partial charge is 0.407 e. The van der Waals surface area contributed by atoms with Gasteiger partial charge in [-0.15, -0.1) is 0 Å². The van der Waals surface area contributed by atoms with Crippen LogP contribution in [0.15, 0.2) is 30.3 Å². The summed E-state index contributed by atoms with van der Waals surface area (Å²) in [7, 11) is 1.55. The van der Waals surface area contributed by atoms with Crippen LogP contribution < -0.4 is 10.6 Å². The van der Waals surface area contributed by atoms with Crippen LogP contribution in [0.5, 0.6) is 0 Å². The van der Waals surface area contributed by atoms with Crippen LogP contribution in [0.4, 0.5) is 19.3 Å². The molecular weight excluding hydrogens is 418 g/mol. The fraction of sp³-hybridized carbons (Fsp3) is 0.333. The minimum absolute atomic E-state index is 0.120. The lowest BCUT2D eigenvalue weighted by Crippen LogP contribution is -2.29. The molecule has 0 aliphatic heterocycles. The summed E-state index contributed by atoms with van der Waals surface area (Å²) in [5.41, 5.74) is 1.39. The standard InChI is InChI=1S/C21H21ClF2N2O4/c1-29-9-2-10-30-21(28)26-18-8-5-13-14(4-7-17(24)19(13)18)20(27)25-12-3-6-16(23)15(22)11-12/h3-4,6-7,11,18H,2,5,8-10H2,1H3,(H,25,27)(H,26,28)/t18-/m0/s1. The van der Waals surface area contributed by atoms with Crippen LogP contribution in [0.1, 0.15) is 40.4 Å². The fourth-order valence-corrected chi connectivity index (χ4v) is 3.58. The summed E-state index contributed by atoms with van der Waals surface area (Å²) in [6, 6.07) is 5.80. The third kappa shape index (κ3) is 5.06. The summed E-state index contributed by atoms with van der Waals surface area (Å²) in [5.74, 6) is -1.58. The van der Waals surface area contributed by atoms with E-state index in [9.17, 15) is 18.4 Å². The Labute approximate surface area is 177 Å². The Balaban J connectivity index is 1.73. The largest absolute Gasteiger partial charge is 0.449 e. The topological polar surface area (TPSA) is 76.7 Å². The highest BCUT2D eigenvalue weighted by molar-refractivity contribution is 6.31. The van der Waals surface area contributed by atoms with E-state index in [-0.39, 0.29) is 22.8 Å². The van der Waals surface area contributed by atoms with Gasteiger partial charge in [0.1, 0.15) is 11.6 Å². The molecule has 2 aromatic rings. The number of benzene rings is 2. The zero-order chi connectivity index (χ0) is 21.7. The maximum Gasteiger partial charge on any atom is 0.407 e. The van der Waals surface area contributed by atoms with Crippen molar-refractivity contribution >= 4 is 29.3 Å². The van der Waals surface area contributed by atoms with Gasteiger partial charge in [0.15, 0.2) is 0 Å². The molecule has 6 nitrogen and oxygen atoms in total. The van der Waals surface area contributed by atoms with Crippen molar-refractivity contribution in [3.63, 3.8) is 0 Å². The molecule has 0 fully saturated rings. The Kier molecular flexibility index (Phi) is 7.23. The molecule has 2 amide bonds. The molecule has 0 unspecified atom stereocenters. The number of methoxy groups -OCH3 is 1. The van der Waals surface area contributed by atoms with Gasteiger partial charge in [0.2, 0.25) is 0 Å². The van der Waals surface area contributed by atoms with E-state index in [0.717, 1.165) is 6.07 Å². The van der Waals surface area contributed by atoms with Gasteiger partial charge in [0, 0.05) is 37.0 Å². The Morgan fingerprint density at radius 3 is 2.67 bits per heavy atom. The lowest BCUT2D eigenvalue weighted by Gasteiger charge is -2.16. The number of alkyl carbamates (subject to hydrolysis) is 1. The molecule has 0 heterocycles. The first kappa shape index (κ1) is 22.0. The van der Waals surface area contributed by atoms with Crippen LogP contribution in [0.2, 0.25) is 5.02 Å². The summed E-state index contributed by atoms with van der Waals surface area (Å²) in [4.78, 5) is 24.7. The van der Waals surface area contributed by atoms with Crippen molar-refractivity contribution in [2.45, 2.75) is 25.3 Å². The Morgan fingerprint density at radius 1 is 1.17 bits per heavy atom. The van der Waals surface area contributed by atoms with Crippen molar-refractivity contribution in [2.24, 2.45) is 0 Å². The summed E-state index contributed by atoms with van der Waals surface area (Å²) in [6.45, 7) is 0.649. The lowest BCUT2D eigenvalue weighted by molar-refractivity contribution is 0.102. The molecule has 0 bridgehead atoms. The van der Waals surface area contributed by atoms with Crippen molar-refractivity contribution in [2.75, 3.05) is 25.6 Å². The number of ether oxygens (including phenoxy) is 2. The highest BCUT2D eigenvalue weighted by Crippen LogP contribution is 2.36. The van der Waals surface area contributed by atoms with Crippen molar-refractivity contribution in [1.82, 2.24) is 5.32 Å². The first-order valence-corrected chi connectivity index (χ1v) is 9.78. The quantitative estimate of drug-likeness (QED) is 0.618. The number of carbonyl (C=O) groups is 2. The summed E-state index contributed by atoms with van der Waals surface area (Å²) in [6.07, 6.45) is 0.747. The van der Waals surface area contributed by atoms with E-state index in [1.807, 2.05) is 0 Å². The molecule has 160 valence electrons. The number of carbonyl (C=O) groups excluding carboxylic acids is 2. The van der Waals surface area contributed by atoms with E-state index in [0.29, 0.717) is 37.1 Å². The SMILES string of the molecule is COCCCOC(=O)N[C@H]1CCc2c(C(=O)Nc3ccc(F)c(Cl)c3)ccc(F)c21. The van der Waals surface area contributed by atoms with Gasteiger partial charge in [-0.3, -0.25) is 4.79 Å². The predicted molar refractivity (Wildman–Crippen MR) is 108 cm³/mol. The maximum absolute atomic E-state index is 14.5. The number of amides is 2. The number of hydrogen-bond acceptors (Lipinski definition) is 4. The van der Waals surface area contributed by atoms with Crippen LogP contribution >= 0.6 is 11.6 Å². The third-order valence-electron chi connectivity index (χ3n) is 4.78. The molecule has 30 heavy (non-hydrogen) atoms. The van der Waals surface area contributed by atoms with E-state index in [2.05, 4.69) is 10.6 Å². The number of nitrogens with one attached hydrogen (secondary N) is 2. The van der Waals surface area contributed by atoms with Gasteiger partial charge in [-0.2, -0.15) is 0 Å². The van der Waals surface area contributed by atoms with Crippen LogP contribution in [-0.4, -0.2) is 32.3 Å². The van der Waals surface area contributed by atoms with Crippen molar-refractivity contribution in [3.05, 3.63) is 63.7 Å². The molecule has 1 aliphatic carbocycles. The minimum Gasteiger partial charge on any atom is -0.449 e. The normalized spacial score (nSPS) is 14.9. The first-order valence-electron chi connectivity index (χ1n) is 9.40. The number of fused-ring (bicyclic) bond motifs is 1. The Morgan fingerprint density at radius 2 is 1.93 bits per heavy atom. The maximum atomic E-state index is 14.5. The average Bonchev–Trinajstić information content (AvgIpc) is 3.13. The molecule has 1 atom stereocenters. The molecule has 2 N–H and O–H groups in total. The molecule has 0 spiro atoms. The van der Waals surface area contributed by atoms with Crippen LogP contribution in [0.25, 0.3) is 0 Å². The molecule has 0 aromatic heterocycles. The van der Waals surface area contributed by atoms with Gasteiger partial charge in [0.05, 0.1) is 17.7 Å². The molecule has 3 rings (SSSR count). The van der Waals surface area contributed by atoms with Gasteiger partial charge < -0.3 is 20.1 Å². The minimum atomic E-state index is -0.654. The van der Waals surface area contributed by atoms with E-state index >= 15 is 0 Å². The van der Waals surface area contributed by atoms with Crippen molar-refractivity contribution in [3.8, 4) is 0 Å². The van der Waals surface area contributed by atoms with Crippen LogP contribution in [0.3, 0.4) is 0 Å². The van der Waals surface area contributed by atoms with Crippen molar-refractivity contribution in [1.29, 1.82) is 0 Å². The summed E-state index contributed by atoms with van der Waals surface area (Å²) in [5, 5.41) is 5.16. The van der Waals surface area contributed by atoms with Gasteiger partial charge >= 0.3 is 6.09 Å². The molecule has 0 saturated carbocycles. The molecule has 0 saturated heterocycles. The Hall–Kier alpha value is -2.71. The summed E-state index contributed by atoms with van der Waals surface area (Å²) >= 11 is 5.74. The van der Waals surface area contributed by atoms with Crippen molar-refractivity contribution < 1.29 is 27.8 Å². The number of rotatable bonds is 7. The number of anilines is 1. The van der Waals surface area contributed by atoms with E-state index < -0.39 is 29.7 Å². The Bertz CT molecular complexity index is 955. The van der Waals surface area contributed by atoms with Crippen LogP contribution in [0, 0.1) is 11.6 Å². The second-order valence-corrected chi connectivity index (χ2v) is 7.20. The van der Waals surface area contributed by atoms with Gasteiger partial charge in [-0.05, 0) is 48.7 Å². The molecule has 0 radical (unpaired) electrons. The van der Waals surface area contributed by atoms with E-state index in [4.69, 9.17) is 21.1 Å². The van der Waals surface area contributed by atoms with Gasteiger partial charge in [-0.25, -0.2) is 13.6 Å². The molecule has 2 aromatic carbocycles. The third-order valence-corrected chi connectivity index (χ3v) is 5.07. The average molecular weight is 439 g/mol. The monoisotopic (exact) mass is 438 g/mol.